The van der Waals surface area contributed by atoms with E-state index in [9.17, 15) is 0 Å². The maximum atomic E-state index is 8.64. The first-order valence-electron chi connectivity index (χ1n) is 6.46. The van der Waals surface area contributed by atoms with Gasteiger partial charge in [-0.3, -0.25) is 0 Å². The molecule has 1 saturated heterocycles. The quantitative estimate of drug-likeness (QED) is 0.365. The number of hydrogen-bond acceptors (Lipinski definition) is 3. The molecule has 2 rings (SSSR count). The summed E-state index contributed by atoms with van der Waals surface area (Å²) < 4.78 is 0. The molecule has 2 atom stereocenters. The molecule has 0 amide bonds. The largest absolute Gasteiger partial charge is 0.409 e. The highest BCUT2D eigenvalue weighted by Crippen LogP contribution is 2.27. The van der Waals surface area contributed by atoms with Crippen LogP contribution in [0, 0.1) is 5.92 Å². The number of rotatable bonds is 2. The lowest BCUT2D eigenvalue weighted by atomic mass is 9.94. The second-order valence-corrected chi connectivity index (χ2v) is 5.22. The van der Waals surface area contributed by atoms with E-state index in [0.717, 1.165) is 18.0 Å². The van der Waals surface area contributed by atoms with Crippen molar-refractivity contribution >= 4 is 11.5 Å². The third-order valence-electron chi connectivity index (χ3n) is 3.72. The molecule has 1 aliphatic rings. The third kappa shape index (κ3) is 2.58. The van der Waals surface area contributed by atoms with Gasteiger partial charge in [-0.05, 0) is 49.9 Å². The minimum atomic E-state index is 0.154. The molecule has 0 aliphatic carbocycles. The summed E-state index contributed by atoms with van der Waals surface area (Å²) in [4.78, 5) is 2.43. The topological polar surface area (TPSA) is 61.8 Å². The number of hydrogen-bond donors (Lipinski definition) is 2. The lowest BCUT2D eigenvalue weighted by molar-refractivity contribution is 0.318. The van der Waals surface area contributed by atoms with E-state index in [1.54, 1.807) is 0 Å². The standard InChI is InChI=1S/C14H21N3O/c1-10-3-4-11(2)17(9-10)13-7-5-12(6-8-13)14(15)16-18/h5-8,10-11,18H,3-4,9H2,1-2H3,(H2,15,16). The van der Waals surface area contributed by atoms with Gasteiger partial charge in [0.2, 0.25) is 0 Å². The molecule has 1 aromatic carbocycles. The Morgan fingerprint density at radius 2 is 1.94 bits per heavy atom. The van der Waals surface area contributed by atoms with Crippen LogP contribution in [0.1, 0.15) is 32.3 Å². The van der Waals surface area contributed by atoms with Crippen molar-refractivity contribution in [2.24, 2.45) is 16.8 Å². The highest BCUT2D eigenvalue weighted by molar-refractivity contribution is 5.97. The smallest absolute Gasteiger partial charge is 0.170 e. The minimum absolute atomic E-state index is 0.154. The summed E-state index contributed by atoms with van der Waals surface area (Å²) in [7, 11) is 0. The third-order valence-corrected chi connectivity index (χ3v) is 3.72. The van der Waals surface area contributed by atoms with Crippen molar-refractivity contribution in [2.45, 2.75) is 32.7 Å². The van der Waals surface area contributed by atoms with Crippen molar-refractivity contribution in [3.8, 4) is 0 Å². The second-order valence-electron chi connectivity index (χ2n) is 5.22. The molecule has 4 heteroatoms. The van der Waals surface area contributed by atoms with Gasteiger partial charge in [0, 0.05) is 23.8 Å². The number of nitrogens with two attached hydrogens (primary N) is 1. The molecule has 4 nitrogen and oxygen atoms in total. The zero-order valence-corrected chi connectivity index (χ0v) is 11.0. The monoisotopic (exact) mass is 247 g/mol. The van der Waals surface area contributed by atoms with E-state index in [-0.39, 0.29) is 5.84 Å². The Kier molecular flexibility index (Phi) is 3.75. The SMILES string of the molecule is CC1CCC(C)N(c2ccc(C(N)=NO)cc2)C1. The van der Waals surface area contributed by atoms with Gasteiger partial charge in [-0.25, -0.2) is 0 Å². The number of nitrogens with zero attached hydrogens (tertiary/aromatic N) is 2. The lowest BCUT2D eigenvalue weighted by Crippen LogP contribution is -2.41. The molecule has 2 unspecified atom stereocenters. The van der Waals surface area contributed by atoms with Gasteiger partial charge in [0.1, 0.15) is 0 Å². The summed E-state index contributed by atoms with van der Waals surface area (Å²) in [6.45, 7) is 5.66. The summed E-state index contributed by atoms with van der Waals surface area (Å²) in [5, 5.41) is 11.6. The summed E-state index contributed by atoms with van der Waals surface area (Å²) in [6, 6.07) is 8.47. The van der Waals surface area contributed by atoms with Gasteiger partial charge in [0.25, 0.3) is 0 Å². The zero-order chi connectivity index (χ0) is 13.1. The predicted octanol–water partition coefficient (Wildman–Crippen LogP) is 2.41. The molecular formula is C14H21N3O. The first kappa shape index (κ1) is 12.7. The van der Waals surface area contributed by atoms with Crippen LogP contribution in [-0.4, -0.2) is 23.6 Å². The van der Waals surface area contributed by atoms with Gasteiger partial charge < -0.3 is 15.8 Å². The Morgan fingerprint density at radius 3 is 2.56 bits per heavy atom. The number of oxime groups is 1. The molecule has 0 saturated carbocycles. The highest BCUT2D eigenvalue weighted by Gasteiger charge is 2.22. The van der Waals surface area contributed by atoms with Crippen molar-refractivity contribution in [1.29, 1.82) is 0 Å². The summed E-state index contributed by atoms with van der Waals surface area (Å²) in [6.07, 6.45) is 2.54. The molecule has 0 radical (unpaired) electrons. The van der Waals surface area contributed by atoms with Crippen LogP contribution in [0.25, 0.3) is 0 Å². The van der Waals surface area contributed by atoms with E-state index in [2.05, 4.69) is 23.9 Å². The van der Waals surface area contributed by atoms with Crippen LogP contribution in [0.15, 0.2) is 29.4 Å². The number of piperidine rings is 1. The van der Waals surface area contributed by atoms with Crippen molar-refractivity contribution < 1.29 is 5.21 Å². The van der Waals surface area contributed by atoms with Gasteiger partial charge in [-0.15, -0.1) is 0 Å². The van der Waals surface area contributed by atoms with Crippen LogP contribution in [-0.2, 0) is 0 Å². The van der Waals surface area contributed by atoms with Crippen LogP contribution in [0.2, 0.25) is 0 Å². The van der Waals surface area contributed by atoms with Crippen LogP contribution < -0.4 is 10.6 Å². The van der Waals surface area contributed by atoms with Crippen molar-refractivity contribution in [3.63, 3.8) is 0 Å². The zero-order valence-electron chi connectivity index (χ0n) is 11.0. The molecule has 1 heterocycles. The fourth-order valence-corrected chi connectivity index (χ4v) is 2.53. The minimum Gasteiger partial charge on any atom is -0.409 e. The van der Waals surface area contributed by atoms with Crippen LogP contribution in [0.5, 0.6) is 0 Å². The Hall–Kier alpha value is -1.71. The summed E-state index contributed by atoms with van der Waals surface area (Å²) in [5.41, 5.74) is 7.52. The fourth-order valence-electron chi connectivity index (χ4n) is 2.53. The van der Waals surface area contributed by atoms with Crippen molar-refractivity contribution in [3.05, 3.63) is 29.8 Å². The Bertz CT molecular complexity index is 427. The Labute approximate surface area is 108 Å². The van der Waals surface area contributed by atoms with E-state index >= 15 is 0 Å². The average Bonchev–Trinajstić information content (AvgIpc) is 2.41. The molecule has 1 aliphatic heterocycles. The molecule has 0 spiro atoms. The summed E-state index contributed by atoms with van der Waals surface area (Å²) >= 11 is 0. The van der Waals surface area contributed by atoms with Crippen LogP contribution in [0.4, 0.5) is 5.69 Å². The molecule has 3 N–H and O–H groups in total. The van der Waals surface area contributed by atoms with Gasteiger partial charge in [0.15, 0.2) is 5.84 Å². The summed E-state index contributed by atoms with van der Waals surface area (Å²) in [5.74, 6) is 0.895. The first-order chi connectivity index (χ1) is 8.61. The molecule has 0 bridgehead atoms. The molecule has 98 valence electrons. The van der Waals surface area contributed by atoms with Crippen molar-refractivity contribution in [2.75, 3.05) is 11.4 Å². The Balaban J connectivity index is 2.18. The second kappa shape index (κ2) is 5.29. The highest BCUT2D eigenvalue weighted by atomic mass is 16.4. The van der Waals surface area contributed by atoms with Gasteiger partial charge in [0.05, 0.1) is 0 Å². The van der Waals surface area contributed by atoms with E-state index < -0.39 is 0 Å². The van der Waals surface area contributed by atoms with Crippen LogP contribution >= 0.6 is 0 Å². The normalized spacial score (nSPS) is 25.2. The lowest BCUT2D eigenvalue weighted by Gasteiger charge is -2.38. The maximum absolute atomic E-state index is 8.64. The van der Waals surface area contributed by atoms with E-state index in [0.29, 0.717) is 6.04 Å². The average molecular weight is 247 g/mol. The number of anilines is 1. The number of benzene rings is 1. The molecule has 18 heavy (non-hydrogen) atoms. The molecule has 1 aromatic rings. The van der Waals surface area contributed by atoms with Gasteiger partial charge >= 0.3 is 0 Å². The first-order valence-corrected chi connectivity index (χ1v) is 6.46. The van der Waals surface area contributed by atoms with Gasteiger partial charge in [-0.2, -0.15) is 0 Å². The number of amidine groups is 1. The predicted molar refractivity (Wildman–Crippen MR) is 74.2 cm³/mol. The Morgan fingerprint density at radius 1 is 1.28 bits per heavy atom. The van der Waals surface area contributed by atoms with E-state index in [1.807, 2.05) is 24.3 Å². The fraction of sp³-hybridized carbons (Fsp3) is 0.500. The molecule has 0 aromatic heterocycles. The van der Waals surface area contributed by atoms with Crippen molar-refractivity contribution in [1.82, 2.24) is 0 Å². The molecular weight excluding hydrogens is 226 g/mol. The maximum Gasteiger partial charge on any atom is 0.170 e. The van der Waals surface area contributed by atoms with Gasteiger partial charge in [-0.1, -0.05) is 12.1 Å². The van der Waals surface area contributed by atoms with E-state index in [4.69, 9.17) is 10.9 Å². The van der Waals surface area contributed by atoms with Crippen LogP contribution in [0.3, 0.4) is 0 Å². The van der Waals surface area contributed by atoms with E-state index in [1.165, 1.54) is 18.5 Å². The molecule has 1 fully saturated rings.